The fourth-order valence-corrected chi connectivity index (χ4v) is 3.26. The normalized spacial score (nSPS) is 18.1. The zero-order chi connectivity index (χ0) is 21.3. The number of carbonyl (C=O) groups excluding carboxylic acids is 1. The van der Waals surface area contributed by atoms with Crippen molar-refractivity contribution in [3.05, 3.63) is 23.5 Å². The molecule has 1 saturated carbocycles. The van der Waals surface area contributed by atoms with Gasteiger partial charge in [-0.15, -0.1) is 10.2 Å². The second-order valence-corrected chi connectivity index (χ2v) is 8.41. The molecule has 158 valence electrons. The maximum atomic E-state index is 12.6. The maximum Gasteiger partial charge on any atom is 0.422 e. The number of pyridine rings is 1. The zero-order valence-corrected chi connectivity index (χ0v) is 16.5. The van der Waals surface area contributed by atoms with Gasteiger partial charge in [0, 0.05) is 30.8 Å². The molecule has 0 bridgehead atoms. The molecule has 2 heterocycles. The molecule has 8 nitrogen and oxygen atoms in total. The van der Waals surface area contributed by atoms with Crippen LogP contribution in [0.4, 0.5) is 13.2 Å². The zero-order valence-electron chi connectivity index (χ0n) is 16.5. The highest BCUT2D eigenvalue weighted by atomic mass is 19.4. The van der Waals surface area contributed by atoms with Gasteiger partial charge in [-0.25, -0.2) is 0 Å². The minimum Gasteiger partial charge on any atom is -0.484 e. The van der Waals surface area contributed by atoms with E-state index in [1.165, 1.54) is 12.3 Å². The van der Waals surface area contributed by atoms with E-state index in [-0.39, 0.29) is 29.3 Å². The van der Waals surface area contributed by atoms with Gasteiger partial charge in [0.1, 0.15) is 11.4 Å². The van der Waals surface area contributed by atoms with Crippen molar-refractivity contribution in [2.24, 2.45) is 26.1 Å². The van der Waals surface area contributed by atoms with Gasteiger partial charge in [0.2, 0.25) is 0 Å². The Balaban J connectivity index is 1.65. The molecular formula is C18H23F3N6O2. The van der Waals surface area contributed by atoms with E-state index in [2.05, 4.69) is 31.0 Å². The molecule has 29 heavy (non-hydrogen) atoms. The molecule has 11 heteroatoms. The summed E-state index contributed by atoms with van der Waals surface area (Å²) in [5.41, 5.74) is -0.530. The molecule has 0 atom stereocenters. The molecule has 1 fully saturated rings. The number of halogens is 3. The molecule has 1 aliphatic heterocycles. The number of nitrogens with one attached hydrogen (secondary N) is 1. The number of hydrogen-bond donors (Lipinski definition) is 1. The smallest absolute Gasteiger partial charge is 0.422 e. The Morgan fingerprint density at radius 3 is 2.52 bits per heavy atom. The van der Waals surface area contributed by atoms with E-state index in [1.54, 1.807) is 6.92 Å². The maximum absolute atomic E-state index is 12.6. The third-order valence-electron chi connectivity index (χ3n) is 4.64. The second kappa shape index (κ2) is 7.68. The molecule has 0 spiro atoms. The lowest BCUT2D eigenvalue weighted by molar-refractivity contribution is -0.153. The molecule has 0 radical (unpaired) electrons. The summed E-state index contributed by atoms with van der Waals surface area (Å²) >= 11 is 0. The number of ether oxygens (including phenoxy) is 1. The van der Waals surface area contributed by atoms with Crippen LogP contribution in [0.25, 0.3) is 0 Å². The summed E-state index contributed by atoms with van der Waals surface area (Å²) in [6.07, 6.45) is -0.777. The van der Waals surface area contributed by atoms with Gasteiger partial charge in [-0.05, 0) is 41.5 Å². The molecule has 0 aromatic carbocycles. The van der Waals surface area contributed by atoms with Gasteiger partial charge in [-0.3, -0.25) is 9.78 Å². The number of rotatable bonds is 8. The number of alkyl halides is 3. The first kappa shape index (κ1) is 21.1. The molecule has 1 aliphatic carbocycles. The van der Waals surface area contributed by atoms with Crippen LogP contribution in [-0.4, -0.2) is 35.9 Å². The number of nitrogens with zero attached hydrogens (tertiary/aromatic N) is 5. The van der Waals surface area contributed by atoms with Crippen LogP contribution >= 0.6 is 0 Å². The van der Waals surface area contributed by atoms with Crippen LogP contribution in [0.5, 0.6) is 5.75 Å². The van der Waals surface area contributed by atoms with Gasteiger partial charge in [0.05, 0.1) is 0 Å². The van der Waals surface area contributed by atoms with Gasteiger partial charge in [0.15, 0.2) is 12.3 Å². The number of hydrogen-bond acceptors (Lipinski definition) is 7. The van der Waals surface area contributed by atoms with Crippen LogP contribution in [0.2, 0.25) is 0 Å². The monoisotopic (exact) mass is 412 g/mol. The Kier molecular flexibility index (Phi) is 5.59. The number of aromatic nitrogens is 1. The third-order valence-corrected chi connectivity index (χ3v) is 4.64. The number of carbonyl (C=O) groups is 1. The van der Waals surface area contributed by atoms with E-state index in [9.17, 15) is 18.0 Å². The fourth-order valence-electron chi connectivity index (χ4n) is 3.26. The van der Waals surface area contributed by atoms with Crippen molar-refractivity contribution in [3.63, 3.8) is 0 Å². The Morgan fingerprint density at radius 1 is 1.28 bits per heavy atom. The summed E-state index contributed by atoms with van der Waals surface area (Å²) in [7, 11) is 0. The van der Waals surface area contributed by atoms with Crippen molar-refractivity contribution < 1.29 is 22.7 Å². The first-order chi connectivity index (χ1) is 13.5. The van der Waals surface area contributed by atoms with E-state index in [1.807, 2.05) is 13.8 Å². The predicted molar refractivity (Wildman–Crippen MR) is 96.6 cm³/mol. The largest absolute Gasteiger partial charge is 0.484 e. The molecule has 1 aromatic rings. The standard InChI is InChI=1S/C18H23F3N6O2/c1-16(2,8-17(3)24-26-27-25-17)9-23-15(28)13-6-14(29-10-18(19,20)21)12(7-22-13)11-4-5-11/h6-7,11H,4-5,8-10H2,1-3H3,(H,23,28). The Bertz CT molecular complexity index is 821. The van der Waals surface area contributed by atoms with Gasteiger partial charge < -0.3 is 10.1 Å². The Labute approximate surface area is 166 Å². The summed E-state index contributed by atoms with van der Waals surface area (Å²) in [5, 5.41) is 17.8. The first-order valence-electron chi connectivity index (χ1n) is 9.28. The number of amides is 1. The van der Waals surface area contributed by atoms with Crippen LogP contribution in [-0.2, 0) is 0 Å². The highest BCUT2D eigenvalue weighted by Gasteiger charge is 2.36. The average molecular weight is 412 g/mol. The predicted octanol–water partition coefficient (Wildman–Crippen LogP) is 4.60. The van der Waals surface area contributed by atoms with Crippen LogP contribution in [0.15, 0.2) is 32.9 Å². The third kappa shape index (κ3) is 5.94. The lowest BCUT2D eigenvalue weighted by atomic mass is 9.83. The van der Waals surface area contributed by atoms with Crippen LogP contribution in [0, 0.1) is 5.41 Å². The van der Waals surface area contributed by atoms with E-state index in [0.717, 1.165) is 12.8 Å². The lowest BCUT2D eigenvalue weighted by Crippen LogP contribution is -2.38. The first-order valence-corrected chi connectivity index (χ1v) is 9.28. The molecule has 0 unspecified atom stereocenters. The summed E-state index contributed by atoms with van der Waals surface area (Å²) in [6, 6.07) is 1.28. The van der Waals surface area contributed by atoms with Crippen molar-refractivity contribution in [3.8, 4) is 5.75 Å². The van der Waals surface area contributed by atoms with E-state index in [4.69, 9.17) is 4.74 Å². The molecule has 1 amide bonds. The summed E-state index contributed by atoms with van der Waals surface area (Å²) in [5.74, 6) is -0.294. The van der Waals surface area contributed by atoms with Crippen LogP contribution < -0.4 is 10.1 Å². The van der Waals surface area contributed by atoms with E-state index < -0.39 is 24.4 Å². The fraction of sp³-hybridized carbons (Fsp3) is 0.667. The van der Waals surface area contributed by atoms with Gasteiger partial charge in [-0.2, -0.15) is 13.2 Å². The summed E-state index contributed by atoms with van der Waals surface area (Å²) in [4.78, 5) is 16.6. The molecular weight excluding hydrogens is 389 g/mol. The topological polar surface area (TPSA) is 101 Å². The highest BCUT2D eigenvalue weighted by Crippen LogP contribution is 2.44. The molecule has 0 saturated heterocycles. The van der Waals surface area contributed by atoms with Gasteiger partial charge in [-0.1, -0.05) is 13.8 Å². The average Bonchev–Trinajstić information content (AvgIpc) is 3.38. The highest BCUT2D eigenvalue weighted by molar-refractivity contribution is 5.92. The minimum atomic E-state index is -4.46. The van der Waals surface area contributed by atoms with Crippen molar-refractivity contribution >= 4 is 5.91 Å². The van der Waals surface area contributed by atoms with Crippen LogP contribution in [0.3, 0.4) is 0 Å². The SMILES string of the molecule is CC(C)(CNC(=O)c1cc(OCC(F)(F)F)c(C2CC2)cn1)CC1(C)N=NN=N1. The second-order valence-electron chi connectivity index (χ2n) is 8.41. The van der Waals surface area contributed by atoms with Gasteiger partial charge >= 0.3 is 6.18 Å². The molecule has 1 aromatic heterocycles. The Morgan fingerprint density at radius 2 is 1.93 bits per heavy atom. The van der Waals surface area contributed by atoms with Crippen molar-refractivity contribution in [2.45, 2.75) is 57.8 Å². The van der Waals surface area contributed by atoms with E-state index >= 15 is 0 Å². The molecule has 1 N–H and O–H groups in total. The summed E-state index contributed by atoms with van der Waals surface area (Å²) in [6.45, 7) is 4.54. The molecule has 2 aliphatic rings. The Hall–Kier alpha value is -2.59. The quantitative estimate of drug-likeness (QED) is 0.675. The lowest BCUT2D eigenvalue weighted by Gasteiger charge is -2.29. The van der Waals surface area contributed by atoms with Gasteiger partial charge in [0.25, 0.3) is 5.91 Å². The molecule has 3 rings (SSSR count). The van der Waals surface area contributed by atoms with Crippen molar-refractivity contribution in [1.82, 2.24) is 10.3 Å². The van der Waals surface area contributed by atoms with Crippen molar-refractivity contribution in [1.29, 1.82) is 0 Å². The minimum absolute atomic E-state index is 0.00817. The van der Waals surface area contributed by atoms with Crippen molar-refractivity contribution in [2.75, 3.05) is 13.2 Å². The van der Waals surface area contributed by atoms with E-state index in [0.29, 0.717) is 12.0 Å². The summed E-state index contributed by atoms with van der Waals surface area (Å²) < 4.78 is 42.6. The van der Waals surface area contributed by atoms with Crippen LogP contribution in [0.1, 0.15) is 62.0 Å².